The molecule has 0 unspecified atom stereocenters. The number of likely N-dealkylation sites (tertiary alicyclic amines) is 1. The molecule has 3 amide bonds. The monoisotopic (exact) mass is 369 g/mol. The molecule has 1 fully saturated rings. The highest BCUT2D eigenvalue weighted by Crippen LogP contribution is 2.43. The van der Waals surface area contributed by atoms with Gasteiger partial charge in [0, 0.05) is 13.5 Å². The molecular formula is C17H27NO6Si. The average Bonchev–Trinajstić information content (AvgIpc) is 2.76. The van der Waals surface area contributed by atoms with E-state index in [1.807, 2.05) is 0 Å². The maximum atomic E-state index is 12.6. The number of hydrogen-bond donors (Lipinski definition) is 0. The van der Waals surface area contributed by atoms with Crippen molar-refractivity contribution in [3.8, 4) is 0 Å². The van der Waals surface area contributed by atoms with Crippen LogP contribution in [0.3, 0.4) is 0 Å². The van der Waals surface area contributed by atoms with Crippen molar-refractivity contribution < 1.29 is 28.3 Å². The summed E-state index contributed by atoms with van der Waals surface area (Å²) in [6, 6.07) is 0. The van der Waals surface area contributed by atoms with Crippen molar-refractivity contribution in [2.45, 2.75) is 51.4 Å². The molecule has 0 aromatic rings. The van der Waals surface area contributed by atoms with E-state index in [2.05, 4.69) is 38.6 Å². The van der Waals surface area contributed by atoms with Crippen LogP contribution in [0.4, 0.5) is 4.79 Å². The minimum atomic E-state index is -2.09. The molecule has 25 heavy (non-hydrogen) atoms. The second kappa shape index (κ2) is 6.57. The van der Waals surface area contributed by atoms with Gasteiger partial charge in [0.05, 0.1) is 30.8 Å². The number of allylic oxidation sites excluding steroid dienone is 1. The minimum Gasteiger partial charge on any atom is -0.547 e. The highest BCUT2D eigenvalue weighted by Gasteiger charge is 2.56. The number of carbonyl (C=O) groups is 3. The van der Waals surface area contributed by atoms with Crippen LogP contribution in [0, 0.1) is 11.8 Å². The van der Waals surface area contributed by atoms with E-state index in [1.54, 1.807) is 6.08 Å². The van der Waals surface area contributed by atoms with Gasteiger partial charge in [-0.05, 0) is 24.2 Å². The number of ether oxygens (including phenoxy) is 2. The third-order valence-corrected chi connectivity index (χ3v) is 9.81. The lowest BCUT2D eigenvalue weighted by atomic mass is 9.82. The first kappa shape index (κ1) is 19.6. The topological polar surface area (TPSA) is 82.1 Å². The highest BCUT2D eigenvalue weighted by atomic mass is 28.4. The normalized spacial score (nSPS) is 27.1. The molecule has 8 heteroatoms. The molecule has 1 saturated heterocycles. The van der Waals surface area contributed by atoms with E-state index in [-0.39, 0.29) is 11.5 Å². The molecule has 0 radical (unpaired) electrons. The molecule has 0 saturated carbocycles. The fraction of sp³-hybridized carbons (Fsp3) is 0.706. The number of carbonyl (C=O) groups excluding carboxylic acids is 3. The predicted molar refractivity (Wildman–Crippen MR) is 93.0 cm³/mol. The van der Waals surface area contributed by atoms with Crippen molar-refractivity contribution in [1.29, 1.82) is 0 Å². The third kappa shape index (κ3) is 3.37. The van der Waals surface area contributed by atoms with Crippen LogP contribution in [0.5, 0.6) is 0 Å². The molecule has 0 spiro atoms. The molecule has 2 aliphatic rings. The van der Waals surface area contributed by atoms with E-state index >= 15 is 0 Å². The van der Waals surface area contributed by atoms with Gasteiger partial charge in [0.25, 0.3) is 0 Å². The van der Waals surface area contributed by atoms with Crippen LogP contribution in [0.2, 0.25) is 18.1 Å². The van der Waals surface area contributed by atoms with Crippen LogP contribution in [0.25, 0.3) is 0 Å². The molecule has 0 bridgehead atoms. The summed E-state index contributed by atoms with van der Waals surface area (Å²) >= 11 is 0. The molecule has 7 nitrogen and oxygen atoms in total. The third-order valence-electron chi connectivity index (χ3n) is 5.42. The van der Waals surface area contributed by atoms with E-state index in [1.165, 1.54) is 7.11 Å². The Morgan fingerprint density at radius 3 is 2.28 bits per heavy atom. The Bertz CT molecular complexity index is 621. The quantitative estimate of drug-likeness (QED) is 0.562. The van der Waals surface area contributed by atoms with Gasteiger partial charge in [-0.3, -0.25) is 9.59 Å². The number of imide groups is 3. The summed E-state index contributed by atoms with van der Waals surface area (Å²) in [5.74, 6) is -1.85. The largest absolute Gasteiger partial charge is 0.547 e. The Morgan fingerprint density at radius 2 is 1.80 bits per heavy atom. The lowest BCUT2D eigenvalue weighted by Gasteiger charge is -2.39. The number of hydrogen-bond acceptors (Lipinski definition) is 6. The first-order chi connectivity index (χ1) is 11.4. The van der Waals surface area contributed by atoms with Crippen LogP contribution in [-0.2, 0) is 23.5 Å². The van der Waals surface area contributed by atoms with Crippen LogP contribution in [0.15, 0.2) is 11.8 Å². The zero-order chi connectivity index (χ0) is 19.2. The van der Waals surface area contributed by atoms with Crippen LogP contribution in [-0.4, -0.2) is 51.4 Å². The van der Waals surface area contributed by atoms with Crippen molar-refractivity contribution in [3.05, 3.63) is 11.8 Å². The van der Waals surface area contributed by atoms with E-state index in [0.29, 0.717) is 10.7 Å². The number of nitrogens with zero attached hydrogens (tertiary/aromatic N) is 1. The van der Waals surface area contributed by atoms with E-state index in [9.17, 15) is 14.4 Å². The van der Waals surface area contributed by atoms with Crippen molar-refractivity contribution in [3.63, 3.8) is 0 Å². The van der Waals surface area contributed by atoms with Gasteiger partial charge in [-0.25, -0.2) is 4.79 Å². The Morgan fingerprint density at radius 1 is 1.20 bits per heavy atom. The minimum absolute atomic E-state index is 0.000807. The molecule has 0 aromatic heterocycles. The number of fused-ring (bicyclic) bond motifs is 1. The Hall–Kier alpha value is -1.67. The average molecular weight is 369 g/mol. The first-order valence-corrected chi connectivity index (χ1v) is 11.2. The van der Waals surface area contributed by atoms with Crippen LogP contribution >= 0.6 is 0 Å². The Labute approximate surface area is 149 Å². The van der Waals surface area contributed by atoms with Gasteiger partial charge >= 0.3 is 6.09 Å². The van der Waals surface area contributed by atoms with Crippen LogP contribution in [0.1, 0.15) is 27.2 Å². The number of amides is 3. The number of rotatable bonds is 3. The zero-order valence-corrected chi connectivity index (χ0v) is 16.9. The van der Waals surface area contributed by atoms with E-state index < -0.39 is 44.2 Å². The van der Waals surface area contributed by atoms with Gasteiger partial charge < -0.3 is 13.9 Å². The van der Waals surface area contributed by atoms with E-state index in [4.69, 9.17) is 9.16 Å². The molecular weight excluding hydrogens is 342 g/mol. The standard InChI is InChI=1S/C17H27NO6Si/c1-17(2,3)25(6,7)24-10-8-11-13(12(9-10)22-4)15(20)18(14(11)19)16(21)23-5/h9,11-13H,8H2,1-7H3/t11-,12+,13-/m1/s1. The van der Waals surface area contributed by atoms with Gasteiger partial charge in [-0.1, -0.05) is 20.8 Å². The van der Waals surface area contributed by atoms with E-state index in [0.717, 1.165) is 7.11 Å². The Kier molecular flexibility index (Phi) is 5.16. The SMILES string of the molecule is COC(=O)N1C(=O)[C@H]2[C@@H](OC)C=C(O[Si](C)(C)C(C)(C)C)C[C@H]2C1=O. The Balaban J connectivity index is 2.32. The van der Waals surface area contributed by atoms with Gasteiger partial charge in [-0.15, -0.1) is 0 Å². The van der Waals surface area contributed by atoms with Crippen molar-refractivity contribution in [2.75, 3.05) is 14.2 Å². The maximum absolute atomic E-state index is 12.6. The predicted octanol–water partition coefficient (Wildman–Crippen LogP) is 2.68. The summed E-state index contributed by atoms with van der Waals surface area (Å²) in [5.41, 5.74) is 0. The van der Waals surface area contributed by atoms with Crippen molar-refractivity contribution in [1.82, 2.24) is 4.90 Å². The lowest BCUT2D eigenvalue weighted by Crippen LogP contribution is -2.43. The van der Waals surface area contributed by atoms with Gasteiger partial charge in [0.15, 0.2) is 0 Å². The molecule has 3 atom stereocenters. The molecule has 2 rings (SSSR count). The highest BCUT2D eigenvalue weighted by molar-refractivity contribution is 6.74. The van der Waals surface area contributed by atoms with Crippen molar-refractivity contribution in [2.24, 2.45) is 11.8 Å². The van der Waals surface area contributed by atoms with Gasteiger partial charge in [-0.2, -0.15) is 4.90 Å². The summed E-state index contributed by atoms with van der Waals surface area (Å²) in [4.78, 5) is 37.5. The molecule has 140 valence electrons. The molecule has 1 heterocycles. The smallest absolute Gasteiger partial charge is 0.423 e. The van der Waals surface area contributed by atoms with Crippen LogP contribution < -0.4 is 0 Å². The summed E-state index contributed by atoms with van der Waals surface area (Å²) in [6.45, 7) is 10.6. The number of methoxy groups -OCH3 is 2. The fourth-order valence-corrected chi connectivity index (χ4v) is 4.06. The second-order valence-corrected chi connectivity index (χ2v) is 12.7. The summed E-state index contributed by atoms with van der Waals surface area (Å²) in [5, 5.41) is 0.000807. The molecule has 0 N–H and O–H groups in total. The molecule has 1 aliphatic carbocycles. The van der Waals surface area contributed by atoms with Gasteiger partial charge in [0.2, 0.25) is 20.1 Å². The second-order valence-electron chi connectivity index (χ2n) is 8.01. The summed E-state index contributed by atoms with van der Waals surface area (Å²) in [6.07, 6.45) is 0.499. The molecule has 1 aliphatic heterocycles. The fourth-order valence-electron chi connectivity index (χ4n) is 2.95. The summed E-state index contributed by atoms with van der Waals surface area (Å²) < 4.78 is 16.3. The van der Waals surface area contributed by atoms with Gasteiger partial charge in [0.1, 0.15) is 0 Å². The van der Waals surface area contributed by atoms with Crippen molar-refractivity contribution >= 4 is 26.2 Å². The maximum Gasteiger partial charge on any atom is 0.423 e. The first-order valence-electron chi connectivity index (χ1n) is 8.33. The summed E-state index contributed by atoms with van der Waals surface area (Å²) in [7, 11) is 0.531. The lowest BCUT2D eigenvalue weighted by molar-refractivity contribution is -0.138. The zero-order valence-electron chi connectivity index (χ0n) is 15.9. The molecule has 0 aromatic carbocycles.